The Hall–Kier alpha value is -2.30. The van der Waals surface area contributed by atoms with E-state index in [9.17, 15) is 4.79 Å². The molecule has 0 bridgehead atoms. The van der Waals surface area contributed by atoms with Crippen molar-refractivity contribution in [2.45, 2.75) is 38.1 Å². The largest absolute Gasteiger partial charge is 0.338 e. The lowest BCUT2D eigenvalue weighted by Gasteiger charge is -2.17. The van der Waals surface area contributed by atoms with Crippen molar-refractivity contribution in [2.75, 3.05) is 13.1 Å². The zero-order chi connectivity index (χ0) is 16.1. The van der Waals surface area contributed by atoms with Crippen molar-refractivity contribution in [3.8, 4) is 0 Å². The maximum atomic E-state index is 11.9. The van der Waals surface area contributed by atoms with Gasteiger partial charge in [-0.15, -0.1) is 0 Å². The van der Waals surface area contributed by atoms with Crippen molar-refractivity contribution < 1.29 is 4.79 Å². The number of benzene rings is 1. The molecule has 23 heavy (non-hydrogen) atoms. The van der Waals surface area contributed by atoms with Gasteiger partial charge in [-0.05, 0) is 31.7 Å². The second-order valence-corrected chi connectivity index (χ2v) is 6.28. The zero-order valence-corrected chi connectivity index (χ0v) is 13.6. The highest BCUT2D eigenvalue weighted by Gasteiger charge is 2.44. The standard InChI is InChI=1S/C18H24N4O/c1-15-19-11-13-22(15)12-5-10-20-17(23)21-14-18(8-9-18)16-6-3-2-4-7-16/h2-4,6-7,11,13H,5,8-10,12,14H2,1H3,(H2,20,21,23). The molecule has 2 N–H and O–H groups in total. The normalized spacial score (nSPS) is 15.2. The van der Waals surface area contributed by atoms with Crippen LogP contribution in [0.2, 0.25) is 0 Å². The predicted octanol–water partition coefficient (Wildman–Crippen LogP) is 2.61. The van der Waals surface area contributed by atoms with E-state index in [2.05, 4.69) is 44.5 Å². The maximum Gasteiger partial charge on any atom is 0.314 e. The number of carbonyl (C=O) groups excluding carboxylic acids is 1. The smallest absolute Gasteiger partial charge is 0.314 e. The molecule has 1 aromatic heterocycles. The first-order chi connectivity index (χ1) is 11.2. The monoisotopic (exact) mass is 312 g/mol. The van der Waals surface area contributed by atoms with Gasteiger partial charge in [-0.25, -0.2) is 9.78 Å². The minimum atomic E-state index is -0.0745. The Morgan fingerprint density at radius 1 is 1.26 bits per heavy atom. The molecule has 3 rings (SSSR count). The molecule has 1 aliphatic rings. The molecule has 1 aliphatic carbocycles. The Kier molecular flexibility index (Phi) is 4.65. The molecule has 1 aromatic carbocycles. The van der Waals surface area contributed by atoms with E-state index in [1.807, 2.05) is 19.2 Å². The maximum absolute atomic E-state index is 11.9. The fourth-order valence-corrected chi connectivity index (χ4v) is 2.91. The van der Waals surface area contributed by atoms with Crippen LogP contribution in [0.4, 0.5) is 4.79 Å². The number of nitrogens with one attached hydrogen (secondary N) is 2. The number of carbonyl (C=O) groups is 1. The van der Waals surface area contributed by atoms with Crippen LogP contribution in [0, 0.1) is 6.92 Å². The summed E-state index contributed by atoms with van der Waals surface area (Å²) in [4.78, 5) is 16.1. The molecule has 0 spiro atoms. The zero-order valence-electron chi connectivity index (χ0n) is 13.6. The molecule has 2 amide bonds. The number of nitrogens with zero attached hydrogens (tertiary/aromatic N) is 2. The van der Waals surface area contributed by atoms with Crippen LogP contribution in [0.5, 0.6) is 0 Å². The first-order valence-corrected chi connectivity index (χ1v) is 8.25. The summed E-state index contributed by atoms with van der Waals surface area (Å²) < 4.78 is 2.09. The van der Waals surface area contributed by atoms with Crippen LogP contribution in [-0.2, 0) is 12.0 Å². The lowest BCUT2D eigenvalue weighted by Crippen LogP contribution is -2.40. The van der Waals surface area contributed by atoms with Crippen LogP contribution in [0.3, 0.4) is 0 Å². The average molecular weight is 312 g/mol. The van der Waals surface area contributed by atoms with Gasteiger partial charge in [-0.3, -0.25) is 0 Å². The summed E-state index contributed by atoms with van der Waals surface area (Å²) in [5.74, 6) is 1.01. The van der Waals surface area contributed by atoms with E-state index < -0.39 is 0 Å². The fourth-order valence-electron chi connectivity index (χ4n) is 2.91. The SMILES string of the molecule is Cc1nccn1CCCNC(=O)NCC1(c2ccccc2)CC1. The number of hydrogen-bond acceptors (Lipinski definition) is 2. The minimum Gasteiger partial charge on any atom is -0.338 e. The Balaban J connectivity index is 1.36. The molecule has 1 fully saturated rings. The number of aryl methyl sites for hydroxylation is 2. The molecule has 2 aromatic rings. The molecular formula is C18H24N4O. The summed E-state index contributed by atoms with van der Waals surface area (Å²) in [6.45, 7) is 4.24. The first-order valence-electron chi connectivity index (χ1n) is 8.25. The van der Waals surface area contributed by atoms with Gasteiger partial charge < -0.3 is 15.2 Å². The topological polar surface area (TPSA) is 59.0 Å². The summed E-state index contributed by atoms with van der Waals surface area (Å²) in [5, 5.41) is 5.95. The van der Waals surface area contributed by atoms with Gasteiger partial charge in [-0.2, -0.15) is 0 Å². The second-order valence-electron chi connectivity index (χ2n) is 6.28. The third kappa shape index (κ3) is 3.92. The van der Waals surface area contributed by atoms with Crippen molar-refractivity contribution in [1.29, 1.82) is 0 Å². The third-order valence-electron chi connectivity index (χ3n) is 4.61. The lowest BCUT2D eigenvalue weighted by atomic mass is 9.96. The summed E-state index contributed by atoms with van der Waals surface area (Å²) in [6, 6.07) is 10.4. The van der Waals surface area contributed by atoms with E-state index >= 15 is 0 Å². The van der Waals surface area contributed by atoms with Crippen LogP contribution >= 0.6 is 0 Å². The number of amides is 2. The molecule has 0 saturated heterocycles. The Labute approximate surface area is 137 Å². The van der Waals surface area contributed by atoms with Gasteiger partial charge in [0, 0.05) is 37.4 Å². The molecule has 0 aliphatic heterocycles. The van der Waals surface area contributed by atoms with Crippen molar-refractivity contribution in [1.82, 2.24) is 20.2 Å². The van der Waals surface area contributed by atoms with E-state index in [1.165, 1.54) is 5.56 Å². The van der Waals surface area contributed by atoms with Crippen LogP contribution in [0.25, 0.3) is 0 Å². The minimum absolute atomic E-state index is 0.0745. The Morgan fingerprint density at radius 2 is 2.04 bits per heavy atom. The van der Waals surface area contributed by atoms with Gasteiger partial charge in [0.2, 0.25) is 0 Å². The highest BCUT2D eigenvalue weighted by Crippen LogP contribution is 2.47. The quantitative estimate of drug-likeness (QED) is 0.772. The van der Waals surface area contributed by atoms with Gasteiger partial charge in [0.15, 0.2) is 0 Å². The van der Waals surface area contributed by atoms with E-state index in [0.29, 0.717) is 13.1 Å². The number of urea groups is 1. The fraction of sp³-hybridized carbons (Fsp3) is 0.444. The highest BCUT2D eigenvalue weighted by atomic mass is 16.2. The molecule has 1 saturated carbocycles. The molecule has 5 nitrogen and oxygen atoms in total. The van der Waals surface area contributed by atoms with Gasteiger partial charge >= 0.3 is 6.03 Å². The summed E-state index contributed by atoms with van der Waals surface area (Å²) in [7, 11) is 0. The highest BCUT2D eigenvalue weighted by molar-refractivity contribution is 5.74. The molecule has 0 radical (unpaired) electrons. The van der Waals surface area contributed by atoms with Crippen LogP contribution in [0.1, 0.15) is 30.7 Å². The van der Waals surface area contributed by atoms with Gasteiger partial charge in [0.25, 0.3) is 0 Å². The van der Waals surface area contributed by atoms with Gasteiger partial charge in [-0.1, -0.05) is 30.3 Å². The van der Waals surface area contributed by atoms with E-state index in [-0.39, 0.29) is 11.4 Å². The van der Waals surface area contributed by atoms with Crippen molar-refractivity contribution >= 4 is 6.03 Å². The molecular weight excluding hydrogens is 288 g/mol. The molecule has 122 valence electrons. The first kappa shape index (κ1) is 15.6. The number of rotatable bonds is 7. The summed E-state index contributed by atoms with van der Waals surface area (Å²) in [6.07, 6.45) is 6.96. The molecule has 0 unspecified atom stereocenters. The van der Waals surface area contributed by atoms with Crippen LogP contribution in [-0.4, -0.2) is 28.7 Å². The number of aromatic nitrogens is 2. The average Bonchev–Trinajstić information content (AvgIpc) is 3.27. The third-order valence-corrected chi connectivity index (χ3v) is 4.61. The van der Waals surface area contributed by atoms with Crippen molar-refractivity contribution in [2.24, 2.45) is 0 Å². The van der Waals surface area contributed by atoms with Gasteiger partial charge in [0.1, 0.15) is 5.82 Å². The molecule has 0 atom stereocenters. The van der Waals surface area contributed by atoms with Crippen LogP contribution in [0.15, 0.2) is 42.7 Å². The van der Waals surface area contributed by atoms with E-state index in [4.69, 9.17) is 0 Å². The van der Waals surface area contributed by atoms with E-state index in [1.54, 1.807) is 6.20 Å². The van der Waals surface area contributed by atoms with Crippen molar-refractivity contribution in [3.63, 3.8) is 0 Å². The number of hydrogen-bond donors (Lipinski definition) is 2. The summed E-state index contributed by atoms with van der Waals surface area (Å²) >= 11 is 0. The van der Waals surface area contributed by atoms with Gasteiger partial charge in [0.05, 0.1) is 0 Å². The Morgan fingerprint density at radius 3 is 2.70 bits per heavy atom. The van der Waals surface area contributed by atoms with E-state index in [0.717, 1.165) is 31.6 Å². The number of imidazole rings is 1. The van der Waals surface area contributed by atoms with Crippen LogP contribution < -0.4 is 10.6 Å². The second kappa shape index (κ2) is 6.86. The summed E-state index contributed by atoms with van der Waals surface area (Å²) in [5.41, 5.74) is 1.49. The Bertz CT molecular complexity index is 646. The molecule has 1 heterocycles. The predicted molar refractivity (Wildman–Crippen MR) is 90.3 cm³/mol. The van der Waals surface area contributed by atoms with Crippen molar-refractivity contribution in [3.05, 3.63) is 54.1 Å². The molecule has 5 heteroatoms. The lowest BCUT2D eigenvalue weighted by molar-refractivity contribution is 0.239.